The highest BCUT2D eigenvalue weighted by molar-refractivity contribution is 7.84. The Balaban J connectivity index is 1.98. The van der Waals surface area contributed by atoms with Crippen LogP contribution in [0.15, 0.2) is 41.7 Å². The number of ether oxygens (including phenoxy) is 2. The third-order valence-electron chi connectivity index (χ3n) is 3.25. The van der Waals surface area contributed by atoms with Gasteiger partial charge in [-0.05, 0) is 25.1 Å². The van der Waals surface area contributed by atoms with E-state index < -0.39 is 36.0 Å². The molecular weight excluding hydrogens is 338 g/mol. The summed E-state index contributed by atoms with van der Waals surface area (Å²) in [6.45, 7) is -4.90. The summed E-state index contributed by atoms with van der Waals surface area (Å²) in [5.41, 5.74) is -1.87. The zero-order chi connectivity index (χ0) is 24.8. The van der Waals surface area contributed by atoms with E-state index in [0.29, 0.717) is 11.0 Å². The average molecular weight is 367 g/mol. The lowest BCUT2D eigenvalue weighted by Crippen LogP contribution is -2.06. The molecule has 6 nitrogen and oxygen atoms in total. The minimum Gasteiger partial charge on any atom is -0.493 e. The first-order chi connectivity index (χ1) is 15.2. The quantitative estimate of drug-likeness (QED) is 0.662. The number of H-pyrrole nitrogens is 1. The number of aromatic amines is 1. The second-order valence-corrected chi connectivity index (χ2v) is 5.98. The fourth-order valence-corrected chi connectivity index (χ4v) is 2.90. The van der Waals surface area contributed by atoms with Gasteiger partial charge < -0.3 is 14.5 Å². The Morgan fingerprint density at radius 2 is 2.12 bits per heavy atom. The van der Waals surface area contributed by atoms with Gasteiger partial charge in [-0.2, -0.15) is 0 Å². The maximum atomic E-state index is 13.1. The van der Waals surface area contributed by atoms with Crippen LogP contribution < -0.4 is 4.74 Å². The molecule has 0 saturated heterocycles. The molecule has 1 unspecified atom stereocenters. The zero-order valence-electron chi connectivity index (χ0n) is 21.5. The minimum atomic E-state index is -3.25. The van der Waals surface area contributed by atoms with Gasteiger partial charge in [-0.3, -0.25) is 9.19 Å². The van der Waals surface area contributed by atoms with Crippen molar-refractivity contribution < 1.29 is 24.6 Å². The summed E-state index contributed by atoms with van der Waals surface area (Å²) in [6.07, 6.45) is -2.15. The van der Waals surface area contributed by atoms with Gasteiger partial charge in [0.05, 0.1) is 45.3 Å². The molecule has 25 heavy (non-hydrogen) atoms. The van der Waals surface area contributed by atoms with Crippen molar-refractivity contribution in [2.45, 2.75) is 24.2 Å². The molecule has 0 aliphatic heterocycles. The van der Waals surface area contributed by atoms with Gasteiger partial charge >= 0.3 is 0 Å². The monoisotopic (exact) mass is 367 g/mol. The summed E-state index contributed by atoms with van der Waals surface area (Å²) in [5, 5.41) is -0.117. The number of benzene rings is 1. The Labute approximate surface area is 160 Å². The van der Waals surface area contributed by atoms with Crippen LogP contribution in [0.1, 0.15) is 28.6 Å². The third-order valence-corrected chi connectivity index (χ3v) is 4.18. The van der Waals surface area contributed by atoms with Gasteiger partial charge in [0, 0.05) is 37.3 Å². The molecule has 2 heterocycles. The molecule has 0 saturated carbocycles. The number of hydrogen-bond acceptors (Lipinski definition) is 5. The van der Waals surface area contributed by atoms with E-state index in [1.165, 1.54) is 13.0 Å². The largest absolute Gasteiger partial charge is 0.493 e. The van der Waals surface area contributed by atoms with Crippen LogP contribution in [0, 0.1) is 6.92 Å². The van der Waals surface area contributed by atoms with Gasteiger partial charge in [-0.1, -0.05) is 12.1 Å². The van der Waals surface area contributed by atoms with Crippen LogP contribution in [0.5, 0.6) is 5.75 Å². The predicted molar refractivity (Wildman–Crippen MR) is 97.2 cm³/mol. The standard InChI is InChI=1S/C18H21N3O3S/c1-13-16(19-9-8-17(13)24-11-5-10-23-2)12-25(22)18-20-14-6-3-4-7-15(14)21-18/h3-4,6-9H,5,10-12H2,1-2H3,(H,20,21)/i5D2,10D2,11D2,12D2. The molecule has 1 N–H and O–H groups in total. The molecule has 1 aromatic carbocycles. The molecular formula is C18H21N3O3S. The van der Waals surface area contributed by atoms with Gasteiger partial charge in [0.15, 0.2) is 5.16 Å². The van der Waals surface area contributed by atoms with E-state index in [4.69, 9.17) is 15.7 Å². The molecule has 2 aromatic heterocycles. The third kappa shape index (κ3) is 4.24. The number of hydrogen-bond donors (Lipinski definition) is 1. The van der Waals surface area contributed by atoms with Crippen molar-refractivity contribution in [2.24, 2.45) is 0 Å². The number of rotatable bonds is 8. The highest BCUT2D eigenvalue weighted by Gasteiger charge is 2.14. The highest BCUT2D eigenvalue weighted by atomic mass is 32.2. The molecule has 0 fully saturated rings. The Hall–Kier alpha value is -2.25. The second-order valence-electron chi connectivity index (χ2n) is 4.85. The Morgan fingerprint density at radius 1 is 1.28 bits per heavy atom. The van der Waals surface area contributed by atoms with Gasteiger partial charge in [0.2, 0.25) is 0 Å². The van der Waals surface area contributed by atoms with Crippen molar-refractivity contribution in [2.75, 3.05) is 20.2 Å². The van der Waals surface area contributed by atoms with Gasteiger partial charge in [0.1, 0.15) is 5.75 Å². The number of methoxy groups -OCH3 is 1. The van der Waals surface area contributed by atoms with Crippen molar-refractivity contribution in [3.63, 3.8) is 0 Å². The lowest BCUT2D eigenvalue weighted by atomic mass is 10.2. The van der Waals surface area contributed by atoms with Gasteiger partial charge in [0.25, 0.3) is 0 Å². The topological polar surface area (TPSA) is 77.1 Å². The van der Waals surface area contributed by atoms with Crippen molar-refractivity contribution in [1.29, 1.82) is 0 Å². The SMILES string of the molecule is [2H]C([2H])(c1nccc(OC([2H])([2H])C([2H])([2H])C([2H])([2H])OC)c1C)S(=O)c1nc2ccccc2[nH]1. The van der Waals surface area contributed by atoms with Crippen LogP contribution in [0.3, 0.4) is 0 Å². The van der Waals surface area contributed by atoms with E-state index >= 15 is 0 Å². The summed E-state index contributed by atoms with van der Waals surface area (Å²) < 4.78 is 86.6. The first-order valence-electron chi connectivity index (χ1n) is 11.2. The highest BCUT2D eigenvalue weighted by Crippen LogP contribution is 2.22. The number of aromatic nitrogens is 3. The van der Waals surface area contributed by atoms with Gasteiger partial charge in [-0.15, -0.1) is 0 Å². The lowest BCUT2D eigenvalue weighted by Gasteiger charge is -2.11. The number of imidazole rings is 1. The predicted octanol–water partition coefficient (Wildman–Crippen LogP) is 2.99. The number of pyridine rings is 1. The van der Waals surface area contributed by atoms with Crippen LogP contribution in [0.2, 0.25) is 0 Å². The fourth-order valence-electron chi connectivity index (χ4n) is 2.04. The maximum absolute atomic E-state index is 13.1. The molecule has 132 valence electrons. The number of para-hydroxylation sites is 2. The number of nitrogens with zero attached hydrogens (tertiary/aromatic N) is 2. The van der Waals surface area contributed by atoms with E-state index in [0.717, 1.165) is 13.3 Å². The summed E-state index contributed by atoms with van der Waals surface area (Å²) in [4.78, 5) is 10.9. The molecule has 0 bridgehead atoms. The Kier molecular flexibility index (Phi) is 3.30. The second kappa shape index (κ2) is 8.22. The summed E-state index contributed by atoms with van der Waals surface area (Å²) >= 11 is 0. The van der Waals surface area contributed by atoms with Crippen LogP contribution in [0.25, 0.3) is 11.0 Å². The first kappa shape index (κ1) is 10.0. The summed E-state index contributed by atoms with van der Waals surface area (Å²) in [5.74, 6) is -0.300. The van der Waals surface area contributed by atoms with Crippen molar-refractivity contribution in [1.82, 2.24) is 15.0 Å². The minimum absolute atomic E-state index is 0.0374. The van der Waals surface area contributed by atoms with Crippen LogP contribution in [-0.4, -0.2) is 39.4 Å². The molecule has 1 atom stereocenters. The van der Waals surface area contributed by atoms with Crippen LogP contribution in [0.4, 0.5) is 0 Å². The van der Waals surface area contributed by atoms with E-state index in [1.807, 2.05) is 0 Å². The van der Waals surface area contributed by atoms with E-state index in [2.05, 4.69) is 19.7 Å². The molecule has 0 spiro atoms. The Morgan fingerprint density at radius 3 is 2.92 bits per heavy atom. The summed E-state index contributed by atoms with van der Waals surface area (Å²) in [7, 11) is -1.46. The number of nitrogens with one attached hydrogen (secondary N) is 1. The lowest BCUT2D eigenvalue weighted by molar-refractivity contribution is 0.172. The van der Waals surface area contributed by atoms with Crippen molar-refractivity contribution >= 4 is 21.8 Å². The molecule has 0 aliphatic rings. The smallest absolute Gasteiger partial charge is 0.197 e. The van der Waals surface area contributed by atoms with Crippen molar-refractivity contribution in [3.8, 4) is 5.75 Å². The van der Waals surface area contributed by atoms with Gasteiger partial charge in [-0.25, -0.2) is 4.98 Å². The molecule has 0 amide bonds. The molecule has 7 heteroatoms. The van der Waals surface area contributed by atoms with E-state index in [1.54, 1.807) is 24.3 Å². The molecule has 0 radical (unpaired) electrons. The number of fused-ring (bicyclic) bond motifs is 1. The Bertz CT molecular complexity index is 1170. The normalized spacial score (nSPS) is 19.4. The zero-order valence-corrected chi connectivity index (χ0v) is 14.3. The van der Waals surface area contributed by atoms with E-state index in [-0.39, 0.29) is 22.2 Å². The first-order valence-corrected chi connectivity index (χ1v) is 8.37. The average Bonchev–Trinajstić information content (AvgIpc) is 3.18. The molecule has 3 rings (SSSR count). The maximum Gasteiger partial charge on any atom is 0.197 e. The van der Waals surface area contributed by atoms with Crippen LogP contribution >= 0.6 is 0 Å². The molecule has 0 aliphatic carbocycles. The van der Waals surface area contributed by atoms with Crippen LogP contribution in [-0.2, 0) is 21.2 Å². The summed E-state index contributed by atoms with van der Waals surface area (Å²) in [6, 6.07) is 8.03. The van der Waals surface area contributed by atoms with Crippen molar-refractivity contribution in [3.05, 3.63) is 47.8 Å². The van der Waals surface area contributed by atoms with E-state index in [9.17, 15) is 4.21 Å². The molecule has 3 aromatic rings. The fraction of sp³-hybridized carbons (Fsp3) is 0.333.